The SMILES string of the molecule is CN[C@H](C(=O)NC(C(=O)N(C)[C@H](/C=C(\C)C(=O)N[C@H](CCC(=O)NCCN1C(=O)CC(SC[C@H](N)C(=O)O)C1=O)C(=O)O)C(C)C)C(C)(C)C)C(C)(C)c1cccc(F)c1. The van der Waals surface area contributed by atoms with Gasteiger partial charge in [0.1, 0.15) is 23.9 Å². The summed E-state index contributed by atoms with van der Waals surface area (Å²) in [6.07, 6.45) is 0.813. The summed E-state index contributed by atoms with van der Waals surface area (Å²) in [5.41, 5.74) is 4.51. The first-order valence-corrected chi connectivity index (χ1v) is 20.7. The molecule has 0 spiro atoms. The van der Waals surface area contributed by atoms with Crippen LogP contribution in [0.5, 0.6) is 0 Å². The normalized spacial score (nSPS) is 17.4. The van der Waals surface area contributed by atoms with E-state index in [0.29, 0.717) is 5.56 Å². The fourth-order valence-corrected chi connectivity index (χ4v) is 7.81. The highest BCUT2D eigenvalue weighted by molar-refractivity contribution is 8.00. The summed E-state index contributed by atoms with van der Waals surface area (Å²) in [5.74, 6) is -6.61. The van der Waals surface area contributed by atoms with Crippen molar-refractivity contribution in [3.63, 3.8) is 0 Å². The molecule has 0 saturated carbocycles. The summed E-state index contributed by atoms with van der Waals surface area (Å²) in [7, 11) is 3.16. The van der Waals surface area contributed by atoms with Crippen LogP contribution in [0.4, 0.5) is 4.39 Å². The number of thioether (sulfide) groups is 1. The van der Waals surface area contributed by atoms with Crippen LogP contribution in [0.2, 0.25) is 0 Å². The van der Waals surface area contributed by atoms with Crippen LogP contribution in [0.25, 0.3) is 0 Å². The Morgan fingerprint density at radius 3 is 2.20 bits per heavy atom. The number of carbonyl (C=O) groups excluding carboxylic acids is 6. The molecule has 6 atom stereocenters. The maximum absolute atomic E-state index is 14.2. The molecule has 1 aliphatic heterocycles. The number of halogens is 1. The number of nitrogens with two attached hydrogens (primary N) is 1. The molecule has 19 heteroatoms. The number of carboxylic acids is 2. The molecule has 2 rings (SSSR count). The first-order chi connectivity index (χ1) is 27.7. The van der Waals surface area contributed by atoms with Crippen LogP contribution >= 0.6 is 11.8 Å². The van der Waals surface area contributed by atoms with Crippen molar-refractivity contribution < 1.29 is 53.0 Å². The van der Waals surface area contributed by atoms with Gasteiger partial charge in [-0.1, -0.05) is 66.7 Å². The number of aliphatic carboxylic acids is 2. The minimum Gasteiger partial charge on any atom is -0.480 e. The highest BCUT2D eigenvalue weighted by atomic mass is 32.2. The van der Waals surface area contributed by atoms with Gasteiger partial charge < -0.3 is 42.1 Å². The zero-order chi connectivity index (χ0) is 45.9. The Labute approximate surface area is 355 Å². The van der Waals surface area contributed by atoms with Crippen LogP contribution in [0.1, 0.15) is 80.2 Å². The molecule has 0 radical (unpaired) electrons. The van der Waals surface area contributed by atoms with Crippen molar-refractivity contribution in [3.05, 3.63) is 47.3 Å². The summed E-state index contributed by atoms with van der Waals surface area (Å²) in [6, 6.07) is 0.761. The number of imide groups is 1. The van der Waals surface area contributed by atoms with Crippen molar-refractivity contribution in [2.24, 2.45) is 17.1 Å². The fourth-order valence-electron chi connectivity index (χ4n) is 6.69. The molecule has 1 fully saturated rings. The van der Waals surface area contributed by atoms with E-state index in [1.54, 1.807) is 66.9 Å². The monoisotopic (exact) mass is 863 g/mol. The van der Waals surface area contributed by atoms with Gasteiger partial charge in [-0.2, -0.15) is 0 Å². The van der Waals surface area contributed by atoms with Gasteiger partial charge in [0.25, 0.3) is 0 Å². The van der Waals surface area contributed by atoms with E-state index in [1.807, 2.05) is 13.8 Å². The van der Waals surface area contributed by atoms with Gasteiger partial charge in [0.15, 0.2) is 0 Å². The zero-order valence-corrected chi connectivity index (χ0v) is 36.9. The molecule has 0 aromatic heterocycles. The molecule has 334 valence electrons. The van der Waals surface area contributed by atoms with Gasteiger partial charge in [0.05, 0.1) is 17.3 Å². The standard InChI is InChI=1S/C41H62FN7O10S/c1-22(2)28(48(10)37(55)33(40(4,5)6)47-35(53)32(44-9)41(7,8)24-12-11-13-25(42)19-24)18-23(3)34(52)46-27(39(58)59)14-15-30(50)45-16-17-49-31(51)20-29(36(49)54)60-21-26(43)38(56)57/h11-13,18-19,22,26-29,32-33,44H,14-17,20-21,43H2,1-10H3,(H,45,50)(H,46,52)(H,47,53)(H,56,57)(H,58,59)/b23-18+/t26-,27+,28+,29?,32+,33?/m0/s1. The zero-order valence-electron chi connectivity index (χ0n) is 36.1. The quantitative estimate of drug-likeness (QED) is 0.0644. The van der Waals surface area contributed by atoms with Gasteiger partial charge >= 0.3 is 11.9 Å². The summed E-state index contributed by atoms with van der Waals surface area (Å²) >= 11 is 0.968. The summed E-state index contributed by atoms with van der Waals surface area (Å²) in [6.45, 7) is 13.9. The van der Waals surface area contributed by atoms with Crippen molar-refractivity contribution in [1.82, 2.24) is 31.1 Å². The lowest BCUT2D eigenvalue weighted by molar-refractivity contribution is -0.142. The van der Waals surface area contributed by atoms with Gasteiger partial charge in [-0.25, -0.2) is 9.18 Å². The predicted octanol–water partition coefficient (Wildman–Crippen LogP) is 1.39. The number of nitrogens with one attached hydrogen (secondary N) is 4. The third-order valence-corrected chi connectivity index (χ3v) is 11.7. The Balaban J connectivity index is 2.08. The number of benzene rings is 1. The molecule has 0 bridgehead atoms. The molecule has 1 saturated heterocycles. The van der Waals surface area contributed by atoms with Crippen molar-refractivity contribution in [3.8, 4) is 0 Å². The van der Waals surface area contributed by atoms with Crippen LogP contribution in [0, 0.1) is 17.2 Å². The number of carbonyl (C=O) groups is 8. The molecule has 1 heterocycles. The lowest BCUT2D eigenvalue weighted by atomic mass is 9.76. The summed E-state index contributed by atoms with van der Waals surface area (Å²) in [5, 5.41) is 28.9. The van der Waals surface area contributed by atoms with Gasteiger partial charge in [-0.15, -0.1) is 11.8 Å². The van der Waals surface area contributed by atoms with E-state index >= 15 is 0 Å². The van der Waals surface area contributed by atoms with Gasteiger partial charge in [-0.05, 0) is 49.4 Å². The van der Waals surface area contributed by atoms with E-state index in [-0.39, 0.29) is 49.6 Å². The number of rotatable bonds is 22. The van der Waals surface area contributed by atoms with E-state index in [2.05, 4.69) is 21.3 Å². The lowest BCUT2D eigenvalue weighted by Gasteiger charge is -2.40. The third kappa shape index (κ3) is 14.1. The average Bonchev–Trinajstić information content (AvgIpc) is 3.42. The minimum atomic E-state index is -1.46. The second-order valence-corrected chi connectivity index (χ2v) is 18.1. The minimum absolute atomic E-state index is 0.0626. The topological polar surface area (TPSA) is 258 Å². The van der Waals surface area contributed by atoms with Crippen molar-refractivity contribution >= 4 is 59.1 Å². The molecule has 1 aliphatic rings. The Hall–Kier alpha value is -4.88. The molecule has 2 unspecified atom stereocenters. The number of likely N-dealkylation sites (tertiary alicyclic amines) is 1. The lowest BCUT2D eigenvalue weighted by Crippen LogP contribution is -2.61. The van der Waals surface area contributed by atoms with Gasteiger partial charge in [0.2, 0.25) is 35.4 Å². The van der Waals surface area contributed by atoms with Crippen LogP contribution < -0.4 is 27.0 Å². The predicted molar refractivity (Wildman–Crippen MR) is 224 cm³/mol. The maximum Gasteiger partial charge on any atom is 0.326 e. The third-order valence-electron chi connectivity index (χ3n) is 10.4. The second kappa shape index (κ2) is 22.1. The van der Waals surface area contributed by atoms with Gasteiger partial charge in [-0.3, -0.25) is 38.5 Å². The van der Waals surface area contributed by atoms with Crippen LogP contribution in [0.15, 0.2) is 35.9 Å². The molecule has 17 nitrogen and oxygen atoms in total. The Kier molecular flexibility index (Phi) is 18.9. The Morgan fingerprint density at radius 1 is 1.03 bits per heavy atom. The van der Waals surface area contributed by atoms with Crippen LogP contribution in [0.3, 0.4) is 0 Å². The van der Waals surface area contributed by atoms with E-state index < -0.39 is 99.5 Å². The van der Waals surface area contributed by atoms with Gasteiger partial charge in [0, 0.05) is 49.7 Å². The second-order valence-electron chi connectivity index (χ2n) is 16.9. The first-order valence-electron chi connectivity index (χ1n) is 19.7. The van der Waals surface area contributed by atoms with Crippen LogP contribution in [-0.4, -0.2) is 136 Å². The number of nitrogens with zero attached hydrogens (tertiary/aromatic N) is 2. The molecule has 1 aromatic carbocycles. The summed E-state index contributed by atoms with van der Waals surface area (Å²) < 4.78 is 14.1. The largest absolute Gasteiger partial charge is 0.480 e. The average molecular weight is 864 g/mol. The molecule has 0 aliphatic carbocycles. The molecule has 8 N–H and O–H groups in total. The fraction of sp³-hybridized carbons (Fsp3) is 0.610. The molecule has 6 amide bonds. The first kappa shape index (κ1) is 51.3. The van der Waals surface area contributed by atoms with Crippen LogP contribution in [-0.2, 0) is 43.8 Å². The number of hydrogen-bond donors (Lipinski definition) is 7. The van der Waals surface area contributed by atoms with Crippen molar-refractivity contribution in [2.75, 3.05) is 32.9 Å². The van der Waals surface area contributed by atoms with E-state index in [4.69, 9.17) is 10.8 Å². The highest BCUT2D eigenvalue weighted by Crippen LogP contribution is 2.30. The maximum atomic E-state index is 14.2. The van der Waals surface area contributed by atoms with Crippen molar-refractivity contribution in [1.29, 1.82) is 0 Å². The Morgan fingerprint density at radius 2 is 1.67 bits per heavy atom. The Bertz CT molecular complexity index is 1800. The molecular weight excluding hydrogens is 802 g/mol. The van der Waals surface area contributed by atoms with E-state index in [0.717, 1.165) is 16.7 Å². The number of amides is 6. The number of hydrogen-bond acceptors (Lipinski definition) is 11. The summed E-state index contributed by atoms with van der Waals surface area (Å²) in [4.78, 5) is 104. The van der Waals surface area contributed by atoms with E-state index in [9.17, 15) is 47.9 Å². The number of carboxylic acid groups (broad SMARTS) is 2. The van der Waals surface area contributed by atoms with Crippen molar-refractivity contribution in [2.45, 2.75) is 116 Å². The highest BCUT2D eigenvalue weighted by Gasteiger charge is 2.42. The van der Waals surface area contributed by atoms with E-state index in [1.165, 1.54) is 24.0 Å². The molecule has 1 aromatic rings. The molecule has 60 heavy (non-hydrogen) atoms. The molecular formula is C41H62FN7O10S. The number of likely N-dealkylation sites (N-methyl/N-ethyl adjacent to an activating group) is 2. The smallest absolute Gasteiger partial charge is 0.326 e.